The van der Waals surface area contributed by atoms with Crippen molar-refractivity contribution in [1.82, 2.24) is 9.55 Å². The number of rotatable bonds is 5. The summed E-state index contributed by atoms with van der Waals surface area (Å²) in [7, 11) is 1.64. The van der Waals surface area contributed by atoms with E-state index in [9.17, 15) is 4.79 Å². The first-order chi connectivity index (χ1) is 16.7. The third-order valence-corrected chi connectivity index (χ3v) is 6.70. The highest BCUT2D eigenvalue weighted by atomic mass is 16.5. The number of methoxy groups -OCH3 is 1. The summed E-state index contributed by atoms with van der Waals surface area (Å²) in [5, 5.41) is 2.46. The van der Waals surface area contributed by atoms with Gasteiger partial charge in [0.2, 0.25) is 5.91 Å². The molecule has 0 N–H and O–H groups in total. The maximum atomic E-state index is 13.1. The van der Waals surface area contributed by atoms with Gasteiger partial charge in [0.25, 0.3) is 0 Å². The molecule has 1 aliphatic rings. The molecule has 5 aromatic rings. The summed E-state index contributed by atoms with van der Waals surface area (Å²) in [4.78, 5) is 19.9. The van der Waals surface area contributed by atoms with E-state index >= 15 is 0 Å². The fraction of sp³-hybridized carbons (Fsp3) is 0.172. The van der Waals surface area contributed by atoms with Crippen molar-refractivity contribution in [3.8, 4) is 5.75 Å². The van der Waals surface area contributed by atoms with Gasteiger partial charge in [-0.1, -0.05) is 60.7 Å². The van der Waals surface area contributed by atoms with Gasteiger partial charge >= 0.3 is 0 Å². The van der Waals surface area contributed by atoms with E-state index in [0.717, 1.165) is 22.5 Å². The van der Waals surface area contributed by atoms with Gasteiger partial charge in [-0.2, -0.15) is 0 Å². The van der Waals surface area contributed by atoms with Crippen molar-refractivity contribution >= 4 is 33.4 Å². The summed E-state index contributed by atoms with van der Waals surface area (Å²) in [6.45, 7) is 1.29. The minimum atomic E-state index is 0.00488. The molecule has 0 spiro atoms. The van der Waals surface area contributed by atoms with E-state index in [2.05, 4.69) is 53.1 Å². The minimum absolute atomic E-state index is 0.00488. The van der Waals surface area contributed by atoms with Crippen LogP contribution in [0.1, 0.15) is 23.7 Å². The lowest BCUT2D eigenvalue weighted by Crippen LogP contribution is -2.25. The molecule has 168 valence electrons. The van der Waals surface area contributed by atoms with E-state index in [1.807, 2.05) is 47.4 Å². The van der Waals surface area contributed by atoms with Crippen molar-refractivity contribution in [2.24, 2.45) is 0 Å². The van der Waals surface area contributed by atoms with Crippen molar-refractivity contribution in [2.75, 3.05) is 18.6 Å². The van der Waals surface area contributed by atoms with Crippen LogP contribution >= 0.6 is 0 Å². The Hall–Kier alpha value is -4.12. The largest absolute Gasteiger partial charge is 0.495 e. The van der Waals surface area contributed by atoms with Crippen LogP contribution in [-0.4, -0.2) is 29.1 Å². The maximum Gasteiger partial charge on any atom is 0.227 e. The molecule has 6 rings (SSSR count). The number of hydrogen-bond donors (Lipinski definition) is 0. The van der Waals surface area contributed by atoms with Crippen molar-refractivity contribution in [1.29, 1.82) is 0 Å². The van der Waals surface area contributed by atoms with E-state index in [0.29, 0.717) is 25.3 Å². The van der Waals surface area contributed by atoms with Gasteiger partial charge in [-0.25, -0.2) is 4.98 Å². The third kappa shape index (κ3) is 3.50. The molecule has 5 heteroatoms. The fourth-order valence-electron chi connectivity index (χ4n) is 5.06. The number of benzene rings is 4. The Morgan fingerprint density at radius 2 is 1.68 bits per heavy atom. The number of nitrogens with zero attached hydrogens (tertiary/aromatic N) is 3. The molecule has 1 fully saturated rings. The summed E-state index contributed by atoms with van der Waals surface area (Å²) >= 11 is 0. The highest BCUT2D eigenvalue weighted by Gasteiger charge is 2.36. The number of ether oxygens (including phenoxy) is 1. The second-order valence-electron chi connectivity index (χ2n) is 8.80. The van der Waals surface area contributed by atoms with Crippen molar-refractivity contribution in [2.45, 2.75) is 18.9 Å². The molecular weight excluding hydrogens is 422 g/mol. The van der Waals surface area contributed by atoms with E-state index in [4.69, 9.17) is 9.72 Å². The van der Waals surface area contributed by atoms with E-state index in [-0.39, 0.29) is 11.8 Å². The number of carbonyl (C=O) groups excluding carboxylic acids is 1. The number of amides is 1. The first kappa shape index (κ1) is 20.5. The Morgan fingerprint density at radius 3 is 2.56 bits per heavy atom. The van der Waals surface area contributed by atoms with Gasteiger partial charge in [-0.05, 0) is 46.7 Å². The zero-order valence-corrected chi connectivity index (χ0v) is 19.0. The Labute approximate surface area is 198 Å². The van der Waals surface area contributed by atoms with Crippen LogP contribution in [0.3, 0.4) is 0 Å². The van der Waals surface area contributed by atoms with Gasteiger partial charge < -0.3 is 14.2 Å². The van der Waals surface area contributed by atoms with Gasteiger partial charge in [0.15, 0.2) is 0 Å². The first-order valence-corrected chi connectivity index (χ1v) is 11.6. The van der Waals surface area contributed by atoms with Gasteiger partial charge in [0.05, 0.1) is 23.8 Å². The SMILES string of the molecule is COc1ccccc1N1C[C@H](c2nc3ccccc3n2Cc2ccc3ccccc3c2)CC1=O. The molecule has 1 aromatic heterocycles. The van der Waals surface area contributed by atoms with Gasteiger partial charge in [-0.3, -0.25) is 4.79 Å². The highest BCUT2D eigenvalue weighted by Crippen LogP contribution is 2.37. The van der Waals surface area contributed by atoms with E-state index in [1.165, 1.54) is 16.3 Å². The lowest BCUT2D eigenvalue weighted by molar-refractivity contribution is -0.117. The van der Waals surface area contributed by atoms with Crippen LogP contribution < -0.4 is 9.64 Å². The van der Waals surface area contributed by atoms with Crippen LogP contribution in [0.15, 0.2) is 91.0 Å². The number of anilines is 1. The summed E-state index contributed by atoms with van der Waals surface area (Å²) in [5.41, 5.74) is 4.08. The zero-order valence-electron chi connectivity index (χ0n) is 19.0. The zero-order chi connectivity index (χ0) is 23.1. The monoisotopic (exact) mass is 447 g/mol. The van der Waals surface area contributed by atoms with Gasteiger partial charge in [0, 0.05) is 25.4 Å². The summed E-state index contributed by atoms with van der Waals surface area (Å²) in [5.74, 6) is 1.77. The molecule has 1 amide bonds. The molecule has 1 aliphatic heterocycles. The topological polar surface area (TPSA) is 47.4 Å². The fourth-order valence-corrected chi connectivity index (χ4v) is 5.06. The summed E-state index contributed by atoms with van der Waals surface area (Å²) in [6, 6.07) is 30.9. The Bertz CT molecular complexity index is 1520. The lowest BCUT2D eigenvalue weighted by Gasteiger charge is -2.20. The number of hydrogen-bond acceptors (Lipinski definition) is 3. The molecule has 0 saturated carbocycles. The molecule has 1 saturated heterocycles. The molecule has 0 unspecified atom stereocenters. The Kier molecular flexibility index (Phi) is 5.02. The highest BCUT2D eigenvalue weighted by molar-refractivity contribution is 5.98. The molecule has 0 bridgehead atoms. The predicted molar refractivity (Wildman–Crippen MR) is 135 cm³/mol. The van der Waals surface area contributed by atoms with Gasteiger partial charge in [0.1, 0.15) is 11.6 Å². The number of imidazole rings is 1. The third-order valence-electron chi connectivity index (χ3n) is 6.70. The molecule has 34 heavy (non-hydrogen) atoms. The van der Waals surface area contributed by atoms with E-state index < -0.39 is 0 Å². The number of para-hydroxylation sites is 4. The average molecular weight is 448 g/mol. The average Bonchev–Trinajstić information content (AvgIpc) is 3.44. The summed E-state index contributed by atoms with van der Waals surface area (Å²) in [6.07, 6.45) is 0.430. The van der Waals surface area contributed by atoms with Crippen molar-refractivity contribution in [3.63, 3.8) is 0 Å². The molecule has 1 atom stereocenters. The molecule has 0 radical (unpaired) electrons. The smallest absolute Gasteiger partial charge is 0.227 e. The lowest BCUT2D eigenvalue weighted by atomic mass is 10.1. The van der Waals surface area contributed by atoms with Crippen LogP contribution in [0.5, 0.6) is 5.75 Å². The Morgan fingerprint density at radius 1 is 0.912 bits per heavy atom. The normalized spacial score (nSPS) is 16.0. The molecule has 5 nitrogen and oxygen atoms in total. The Balaban J connectivity index is 1.39. The predicted octanol–water partition coefficient (Wildman–Crippen LogP) is 5.77. The van der Waals surface area contributed by atoms with Crippen LogP contribution in [-0.2, 0) is 11.3 Å². The number of aromatic nitrogens is 2. The first-order valence-electron chi connectivity index (χ1n) is 11.6. The molecule has 0 aliphatic carbocycles. The molecule has 4 aromatic carbocycles. The van der Waals surface area contributed by atoms with Crippen LogP contribution in [0.25, 0.3) is 21.8 Å². The standard InChI is InChI=1S/C29H25N3O2/c1-34-27-13-7-6-12-26(27)31-19-23(17-28(31)33)29-30-24-10-4-5-11-25(24)32(29)18-20-14-15-21-8-2-3-9-22(21)16-20/h2-16,23H,17-19H2,1H3/t23-/m1/s1. The molecule has 2 heterocycles. The number of fused-ring (bicyclic) bond motifs is 2. The quantitative estimate of drug-likeness (QED) is 0.344. The second kappa shape index (κ2) is 8.34. The minimum Gasteiger partial charge on any atom is -0.495 e. The summed E-state index contributed by atoms with van der Waals surface area (Å²) < 4.78 is 7.80. The maximum absolute atomic E-state index is 13.1. The van der Waals surface area contributed by atoms with E-state index in [1.54, 1.807) is 7.11 Å². The van der Waals surface area contributed by atoms with Crippen LogP contribution in [0.4, 0.5) is 5.69 Å². The van der Waals surface area contributed by atoms with Crippen LogP contribution in [0, 0.1) is 0 Å². The van der Waals surface area contributed by atoms with Crippen molar-refractivity contribution < 1.29 is 9.53 Å². The van der Waals surface area contributed by atoms with Gasteiger partial charge in [-0.15, -0.1) is 0 Å². The second-order valence-corrected chi connectivity index (χ2v) is 8.80. The van der Waals surface area contributed by atoms with Crippen LogP contribution in [0.2, 0.25) is 0 Å². The van der Waals surface area contributed by atoms with Crippen molar-refractivity contribution in [3.05, 3.63) is 102 Å². The molecular formula is C29H25N3O2. The number of carbonyl (C=O) groups is 1.